The van der Waals surface area contributed by atoms with Crippen molar-refractivity contribution in [3.63, 3.8) is 0 Å². The van der Waals surface area contributed by atoms with E-state index in [9.17, 15) is 4.79 Å². The maximum Gasteiger partial charge on any atom is 0.222 e. The first-order valence-corrected chi connectivity index (χ1v) is 11.6. The molecule has 2 aliphatic rings. The Kier molecular flexibility index (Phi) is 4.73. The number of nitrogens with zero attached hydrogens (tertiary/aromatic N) is 4. The summed E-state index contributed by atoms with van der Waals surface area (Å²) in [4.78, 5) is 21.3. The zero-order valence-corrected chi connectivity index (χ0v) is 18.2. The first-order valence-electron chi connectivity index (χ1n) is 10.7. The highest BCUT2D eigenvalue weighted by Gasteiger charge is 2.33. The molecule has 6 nitrogen and oxygen atoms in total. The largest absolute Gasteiger partial charge is 0.361 e. The number of aryl methyl sites for hydroxylation is 3. The van der Waals surface area contributed by atoms with Crippen LogP contribution < -0.4 is 0 Å². The molecule has 0 aromatic carbocycles. The maximum atomic E-state index is 12.8. The van der Waals surface area contributed by atoms with Gasteiger partial charge in [0.2, 0.25) is 5.91 Å². The van der Waals surface area contributed by atoms with Crippen molar-refractivity contribution in [3.05, 3.63) is 39.6 Å². The van der Waals surface area contributed by atoms with Gasteiger partial charge >= 0.3 is 0 Å². The topological polar surface area (TPSA) is 63.6 Å². The lowest BCUT2D eigenvalue weighted by Gasteiger charge is -2.24. The van der Waals surface area contributed by atoms with E-state index in [0.717, 1.165) is 36.5 Å². The van der Waals surface area contributed by atoms with Crippen molar-refractivity contribution >= 4 is 22.1 Å². The molecule has 1 saturated heterocycles. The fourth-order valence-corrected chi connectivity index (χ4v) is 5.82. The van der Waals surface area contributed by atoms with Crippen molar-refractivity contribution < 1.29 is 9.32 Å². The Balaban J connectivity index is 1.30. The van der Waals surface area contributed by atoms with Gasteiger partial charge in [0.25, 0.3) is 0 Å². The standard InChI is InChI=1S/C22H28N4O2S/c1-13-12-29-22-20(23-21(26(13)22)16-5-4-6-16)17-9-10-25(11-17)19(27)8-7-18-14(2)24-28-15(18)3/h12,16-17H,4-11H2,1-3H3/t17-/m1/s1. The summed E-state index contributed by atoms with van der Waals surface area (Å²) >= 11 is 1.80. The molecular weight excluding hydrogens is 384 g/mol. The Morgan fingerprint density at radius 3 is 2.76 bits per heavy atom. The second-order valence-electron chi connectivity index (χ2n) is 8.63. The summed E-state index contributed by atoms with van der Waals surface area (Å²) in [6.07, 6.45) is 6.04. The first-order chi connectivity index (χ1) is 14.0. The van der Waals surface area contributed by atoms with Crippen LogP contribution in [0.5, 0.6) is 0 Å². The molecule has 7 heteroatoms. The van der Waals surface area contributed by atoms with Gasteiger partial charge in [-0.25, -0.2) is 4.98 Å². The number of carbonyl (C=O) groups excluding carboxylic acids is 1. The molecule has 0 radical (unpaired) electrons. The summed E-state index contributed by atoms with van der Waals surface area (Å²) in [5.41, 5.74) is 4.47. The summed E-state index contributed by atoms with van der Waals surface area (Å²) in [5, 5.41) is 6.23. The lowest BCUT2D eigenvalue weighted by molar-refractivity contribution is -0.130. The molecule has 3 aromatic heterocycles. The first kappa shape index (κ1) is 18.9. The van der Waals surface area contributed by atoms with Gasteiger partial charge in [0, 0.05) is 48.0 Å². The molecule has 154 valence electrons. The molecule has 0 N–H and O–H groups in total. The van der Waals surface area contributed by atoms with Gasteiger partial charge < -0.3 is 9.42 Å². The second kappa shape index (κ2) is 7.27. The van der Waals surface area contributed by atoms with Crippen LogP contribution in [0.3, 0.4) is 0 Å². The maximum absolute atomic E-state index is 12.8. The average Bonchev–Trinajstić information content (AvgIpc) is 3.40. The van der Waals surface area contributed by atoms with Gasteiger partial charge in [0.05, 0.1) is 11.4 Å². The van der Waals surface area contributed by atoms with E-state index in [1.54, 1.807) is 11.3 Å². The molecule has 0 unspecified atom stereocenters. The van der Waals surface area contributed by atoms with Crippen LogP contribution in [0.15, 0.2) is 9.90 Å². The number of carbonyl (C=O) groups is 1. The molecule has 4 heterocycles. The van der Waals surface area contributed by atoms with Gasteiger partial charge in [0.1, 0.15) is 16.4 Å². The van der Waals surface area contributed by atoms with E-state index in [-0.39, 0.29) is 5.91 Å². The highest BCUT2D eigenvalue weighted by Crippen LogP contribution is 2.41. The molecule has 3 aromatic rings. The normalized spacial score (nSPS) is 20.0. The molecule has 1 amide bonds. The van der Waals surface area contributed by atoms with Crippen LogP contribution in [-0.4, -0.2) is 38.4 Å². The Morgan fingerprint density at radius 2 is 2.07 bits per heavy atom. The number of hydrogen-bond donors (Lipinski definition) is 0. The number of thiazole rings is 1. The van der Waals surface area contributed by atoms with Crippen molar-refractivity contribution in [2.45, 2.75) is 71.1 Å². The molecule has 1 aliphatic carbocycles. The van der Waals surface area contributed by atoms with E-state index in [0.29, 0.717) is 24.7 Å². The Morgan fingerprint density at radius 1 is 1.24 bits per heavy atom. The fourth-order valence-electron chi connectivity index (χ4n) is 4.75. The zero-order valence-electron chi connectivity index (χ0n) is 17.4. The van der Waals surface area contributed by atoms with Crippen LogP contribution in [-0.2, 0) is 11.2 Å². The van der Waals surface area contributed by atoms with E-state index >= 15 is 0 Å². The summed E-state index contributed by atoms with van der Waals surface area (Å²) in [7, 11) is 0. The lowest BCUT2D eigenvalue weighted by atomic mass is 9.85. The number of amides is 1. The summed E-state index contributed by atoms with van der Waals surface area (Å²) in [6.45, 7) is 7.64. The smallest absolute Gasteiger partial charge is 0.222 e. The second-order valence-corrected chi connectivity index (χ2v) is 9.49. The third-order valence-corrected chi connectivity index (χ3v) is 7.82. The molecule has 0 spiro atoms. The fraction of sp³-hybridized carbons (Fsp3) is 0.591. The number of likely N-dealkylation sites (tertiary alicyclic amines) is 1. The number of fused-ring (bicyclic) bond motifs is 1. The van der Waals surface area contributed by atoms with E-state index in [4.69, 9.17) is 9.51 Å². The molecule has 2 fully saturated rings. The summed E-state index contributed by atoms with van der Waals surface area (Å²) in [6, 6.07) is 0. The third kappa shape index (κ3) is 3.19. The quantitative estimate of drug-likeness (QED) is 0.618. The monoisotopic (exact) mass is 412 g/mol. The van der Waals surface area contributed by atoms with Crippen molar-refractivity contribution in [1.82, 2.24) is 19.4 Å². The summed E-state index contributed by atoms with van der Waals surface area (Å²) in [5.74, 6) is 3.26. The zero-order chi connectivity index (χ0) is 20.1. The van der Waals surface area contributed by atoms with E-state index in [2.05, 4.69) is 21.9 Å². The highest BCUT2D eigenvalue weighted by atomic mass is 32.1. The number of aromatic nitrogens is 3. The third-order valence-electron chi connectivity index (χ3n) is 6.75. The Hall–Kier alpha value is -2.15. The molecule has 1 aliphatic heterocycles. The van der Waals surface area contributed by atoms with Gasteiger partial charge in [-0.05, 0) is 46.5 Å². The number of hydrogen-bond acceptors (Lipinski definition) is 5. The molecule has 29 heavy (non-hydrogen) atoms. The van der Waals surface area contributed by atoms with Crippen LogP contribution in [0.4, 0.5) is 0 Å². The lowest BCUT2D eigenvalue weighted by Crippen LogP contribution is -2.28. The minimum absolute atomic E-state index is 0.226. The molecule has 5 rings (SSSR count). The Labute approximate surface area is 174 Å². The Bertz CT molecular complexity index is 1040. The van der Waals surface area contributed by atoms with E-state index in [1.165, 1.54) is 41.3 Å². The van der Waals surface area contributed by atoms with E-state index < -0.39 is 0 Å². The minimum atomic E-state index is 0.226. The SMILES string of the molecule is Cc1noc(C)c1CCC(=O)N1CC[C@@H](c2nc(C3CCC3)n3c(C)csc23)C1. The van der Waals surface area contributed by atoms with Crippen molar-refractivity contribution in [2.24, 2.45) is 0 Å². The van der Waals surface area contributed by atoms with Crippen LogP contribution in [0.25, 0.3) is 4.83 Å². The van der Waals surface area contributed by atoms with E-state index in [1.807, 2.05) is 18.7 Å². The van der Waals surface area contributed by atoms with Gasteiger partial charge in [-0.3, -0.25) is 9.20 Å². The molecule has 0 bridgehead atoms. The summed E-state index contributed by atoms with van der Waals surface area (Å²) < 4.78 is 7.60. The van der Waals surface area contributed by atoms with Crippen molar-refractivity contribution in [1.29, 1.82) is 0 Å². The molecule has 1 atom stereocenters. The van der Waals surface area contributed by atoms with Gasteiger partial charge in [-0.15, -0.1) is 11.3 Å². The molecule has 1 saturated carbocycles. The highest BCUT2D eigenvalue weighted by molar-refractivity contribution is 7.15. The van der Waals surface area contributed by atoms with Gasteiger partial charge in [0.15, 0.2) is 0 Å². The predicted octanol–water partition coefficient (Wildman–Crippen LogP) is 4.53. The van der Waals surface area contributed by atoms with Crippen molar-refractivity contribution in [3.8, 4) is 0 Å². The van der Waals surface area contributed by atoms with Gasteiger partial charge in [-0.2, -0.15) is 0 Å². The van der Waals surface area contributed by atoms with Crippen molar-refractivity contribution in [2.75, 3.05) is 13.1 Å². The minimum Gasteiger partial charge on any atom is -0.361 e. The van der Waals surface area contributed by atoms with Crippen LogP contribution in [0, 0.1) is 20.8 Å². The van der Waals surface area contributed by atoms with Gasteiger partial charge in [-0.1, -0.05) is 11.6 Å². The average molecular weight is 413 g/mol. The van der Waals surface area contributed by atoms with Crippen LogP contribution in [0.2, 0.25) is 0 Å². The predicted molar refractivity (Wildman–Crippen MR) is 113 cm³/mol. The van der Waals surface area contributed by atoms with Crippen LogP contribution >= 0.6 is 11.3 Å². The number of imidazole rings is 1. The van der Waals surface area contributed by atoms with Crippen LogP contribution in [0.1, 0.15) is 78.2 Å². The molecular formula is C22H28N4O2S. The number of rotatable bonds is 5.